The maximum absolute atomic E-state index is 12.8. The van der Waals surface area contributed by atoms with Crippen molar-refractivity contribution in [2.45, 2.75) is 6.04 Å². The Morgan fingerprint density at radius 1 is 1.57 bits per heavy atom. The number of carboxylic acid groups (broad SMARTS) is 1. The molecule has 2 N–H and O–H groups in total. The number of carbonyl (C=O) groups is 1. The van der Waals surface area contributed by atoms with Crippen molar-refractivity contribution in [2.75, 3.05) is 6.54 Å². The average molecular weight is 195 g/mol. The molecule has 1 aliphatic heterocycles. The highest BCUT2D eigenvalue weighted by molar-refractivity contribution is 5.73. The minimum Gasteiger partial charge on any atom is -0.481 e. The largest absolute Gasteiger partial charge is 0.481 e. The first-order valence-electron chi connectivity index (χ1n) is 4.40. The van der Waals surface area contributed by atoms with E-state index in [2.05, 4.69) is 5.32 Å². The molecule has 0 saturated carbocycles. The zero-order valence-corrected chi connectivity index (χ0v) is 7.40. The number of carboxylic acids is 1. The van der Waals surface area contributed by atoms with E-state index in [9.17, 15) is 9.18 Å². The SMILES string of the molecule is O=C(O)C1CNC1c1cccc(F)c1. The molecule has 2 unspecified atom stereocenters. The summed E-state index contributed by atoms with van der Waals surface area (Å²) in [5, 5.41) is 11.8. The summed E-state index contributed by atoms with van der Waals surface area (Å²) in [6.45, 7) is 0.455. The third-order valence-electron chi connectivity index (χ3n) is 2.49. The predicted octanol–water partition coefficient (Wildman–Crippen LogP) is 1.17. The van der Waals surface area contributed by atoms with Crippen LogP contribution in [0.25, 0.3) is 0 Å². The van der Waals surface area contributed by atoms with Crippen LogP contribution >= 0.6 is 0 Å². The van der Waals surface area contributed by atoms with Crippen LogP contribution in [0.15, 0.2) is 24.3 Å². The molecule has 1 heterocycles. The number of aliphatic carboxylic acids is 1. The Morgan fingerprint density at radius 2 is 2.36 bits per heavy atom. The molecule has 0 radical (unpaired) electrons. The second-order valence-electron chi connectivity index (χ2n) is 3.39. The van der Waals surface area contributed by atoms with Crippen LogP contribution in [0.2, 0.25) is 0 Å². The second-order valence-corrected chi connectivity index (χ2v) is 3.39. The molecule has 1 aliphatic rings. The van der Waals surface area contributed by atoms with E-state index in [1.165, 1.54) is 12.1 Å². The smallest absolute Gasteiger partial charge is 0.309 e. The van der Waals surface area contributed by atoms with Gasteiger partial charge in [-0.15, -0.1) is 0 Å². The molecule has 1 aromatic rings. The van der Waals surface area contributed by atoms with Crippen LogP contribution in [0.5, 0.6) is 0 Å². The number of hydrogen-bond donors (Lipinski definition) is 2. The number of halogens is 1. The first kappa shape index (κ1) is 9.15. The van der Waals surface area contributed by atoms with Crippen molar-refractivity contribution in [1.82, 2.24) is 5.32 Å². The molecule has 0 aromatic heterocycles. The predicted molar refractivity (Wildman–Crippen MR) is 48.3 cm³/mol. The Hall–Kier alpha value is -1.42. The number of rotatable bonds is 2. The lowest BCUT2D eigenvalue weighted by molar-refractivity contribution is -0.145. The molecule has 0 bridgehead atoms. The van der Waals surface area contributed by atoms with Crippen molar-refractivity contribution in [2.24, 2.45) is 5.92 Å². The highest BCUT2D eigenvalue weighted by Crippen LogP contribution is 2.29. The molecule has 2 rings (SSSR count). The summed E-state index contributed by atoms with van der Waals surface area (Å²) in [6, 6.07) is 5.78. The minimum atomic E-state index is -0.835. The van der Waals surface area contributed by atoms with E-state index < -0.39 is 11.9 Å². The molecule has 1 saturated heterocycles. The van der Waals surface area contributed by atoms with E-state index in [0.717, 1.165) is 0 Å². The van der Waals surface area contributed by atoms with Crippen LogP contribution in [0.3, 0.4) is 0 Å². The second kappa shape index (κ2) is 3.38. The highest BCUT2D eigenvalue weighted by Gasteiger charge is 2.37. The Morgan fingerprint density at radius 3 is 2.86 bits per heavy atom. The Bertz CT molecular complexity index is 367. The van der Waals surface area contributed by atoms with Crippen LogP contribution in [0.4, 0.5) is 4.39 Å². The zero-order chi connectivity index (χ0) is 10.1. The van der Waals surface area contributed by atoms with Gasteiger partial charge in [0.05, 0.1) is 5.92 Å². The first-order chi connectivity index (χ1) is 6.68. The van der Waals surface area contributed by atoms with E-state index in [-0.39, 0.29) is 11.9 Å². The van der Waals surface area contributed by atoms with Gasteiger partial charge < -0.3 is 10.4 Å². The monoisotopic (exact) mass is 195 g/mol. The van der Waals surface area contributed by atoms with Gasteiger partial charge in [-0.1, -0.05) is 12.1 Å². The van der Waals surface area contributed by atoms with Gasteiger partial charge in [0, 0.05) is 12.6 Å². The number of benzene rings is 1. The summed E-state index contributed by atoms with van der Waals surface area (Å²) in [5.74, 6) is -1.60. The summed E-state index contributed by atoms with van der Waals surface area (Å²) in [5.41, 5.74) is 0.698. The van der Waals surface area contributed by atoms with Crippen LogP contribution in [0, 0.1) is 11.7 Å². The van der Waals surface area contributed by atoms with Gasteiger partial charge in [0.15, 0.2) is 0 Å². The number of hydrogen-bond acceptors (Lipinski definition) is 2. The lowest BCUT2D eigenvalue weighted by atomic mass is 9.86. The van der Waals surface area contributed by atoms with E-state index >= 15 is 0 Å². The highest BCUT2D eigenvalue weighted by atomic mass is 19.1. The van der Waals surface area contributed by atoms with Crippen LogP contribution in [0.1, 0.15) is 11.6 Å². The lowest BCUT2D eigenvalue weighted by Crippen LogP contribution is -2.49. The fourth-order valence-corrected chi connectivity index (χ4v) is 1.63. The molecule has 1 aromatic carbocycles. The molecule has 2 atom stereocenters. The van der Waals surface area contributed by atoms with Crippen molar-refractivity contribution in [3.8, 4) is 0 Å². The molecule has 0 amide bonds. The molecule has 4 heteroatoms. The van der Waals surface area contributed by atoms with Crippen LogP contribution < -0.4 is 5.32 Å². The summed E-state index contributed by atoms with van der Waals surface area (Å²) >= 11 is 0. The van der Waals surface area contributed by atoms with Gasteiger partial charge in [0.25, 0.3) is 0 Å². The third-order valence-corrected chi connectivity index (χ3v) is 2.49. The molecule has 74 valence electrons. The van der Waals surface area contributed by atoms with Gasteiger partial charge >= 0.3 is 5.97 Å². The molecular weight excluding hydrogens is 185 g/mol. The third kappa shape index (κ3) is 1.48. The van der Waals surface area contributed by atoms with Crippen LogP contribution in [-0.4, -0.2) is 17.6 Å². The van der Waals surface area contributed by atoms with Crippen molar-refractivity contribution in [3.63, 3.8) is 0 Å². The molecule has 0 aliphatic carbocycles. The molecule has 3 nitrogen and oxygen atoms in total. The molecule has 14 heavy (non-hydrogen) atoms. The van der Waals surface area contributed by atoms with Gasteiger partial charge in [-0.2, -0.15) is 0 Å². The Labute approximate surface area is 80.6 Å². The molecule has 0 spiro atoms. The topological polar surface area (TPSA) is 49.3 Å². The normalized spacial score (nSPS) is 25.5. The Kier molecular flexibility index (Phi) is 2.21. The molecule has 1 fully saturated rings. The summed E-state index contributed by atoms with van der Waals surface area (Å²) in [6.07, 6.45) is 0. The average Bonchev–Trinajstić information content (AvgIpc) is 2.00. The summed E-state index contributed by atoms with van der Waals surface area (Å²) in [7, 11) is 0. The van der Waals surface area contributed by atoms with Crippen molar-refractivity contribution in [3.05, 3.63) is 35.6 Å². The van der Waals surface area contributed by atoms with Crippen molar-refractivity contribution in [1.29, 1.82) is 0 Å². The maximum Gasteiger partial charge on any atom is 0.309 e. The fourth-order valence-electron chi connectivity index (χ4n) is 1.63. The van der Waals surface area contributed by atoms with Gasteiger partial charge in [0.1, 0.15) is 5.82 Å². The quantitative estimate of drug-likeness (QED) is 0.744. The lowest BCUT2D eigenvalue weighted by Gasteiger charge is -2.35. The molecular formula is C10H10FNO2. The van der Waals surface area contributed by atoms with E-state index in [4.69, 9.17) is 5.11 Å². The maximum atomic E-state index is 12.8. The van der Waals surface area contributed by atoms with Crippen molar-refractivity contribution >= 4 is 5.97 Å². The van der Waals surface area contributed by atoms with Gasteiger partial charge in [0.2, 0.25) is 0 Å². The van der Waals surface area contributed by atoms with Gasteiger partial charge in [-0.3, -0.25) is 4.79 Å². The zero-order valence-electron chi connectivity index (χ0n) is 7.40. The standard InChI is InChI=1S/C10H10FNO2/c11-7-3-1-2-6(4-7)9-8(5-12-9)10(13)14/h1-4,8-9,12H,5H2,(H,13,14). The van der Waals surface area contributed by atoms with Crippen molar-refractivity contribution < 1.29 is 14.3 Å². The van der Waals surface area contributed by atoms with Gasteiger partial charge in [-0.25, -0.2) is 4.39 Å². The van der Waals surface area contributed by atoms with E-state index in [1.54, 1.807) is 12.1 Å². The fraction of sp³-hybridized carbons (Fsp3) is 0.300. The first-order valence-corrected chi connectivity index (χ1v) is 4.40. The summed E-state index contributed by atoms with van der Waals surface area (Å²) < 4.78 is 12.8. The van der Waals surface area contributed by atoms with E-state index in [0.29, 0.717) is 12.1 Å². The Balaban J connectivity index is 2.20. The number of nitrogens with one attached hydrogen (secondary N) is 1. The summed E-state index contributed by atoms with van der Waals surface area (Å²) in [4.78, 5) is 10.7. The van der Waals surface area contributed by atoms with Crippen LogP contribution in [-0.2, 0) is 4.79 Å². The van der Waals surface area contributed by atoms with Gasteiger partial charge in [-0.05, 0) is 17.7 Å². The minimum absolute atomic E-state index is 0.247. The van der Waals surface area contributed by atoms with E-state index in [1.807, 2.05) is 0 Å².